The summed E-state index contributed by atoms with van der Waals surface area (Å²) in [6, 6.07) is 0. The van der Waals surface area contributed by atoms with Crippen LogP contribution in [0.2, 0.25) is 0 Å². The van der Waals surface area contributed by atoms with Gasteiger partial charge in [-0.1, -0.05) is 83.3 Å². The first-order valence-electron chi connectivity index (χ1n) is 14.5. The number of allylic oxidation sites excluding steroid dienone is 2. The van der Waals surface area contributed by atoms with Gasteiger partial charge in [-0.25, -0.2) is 0 Å². The molecule has 0 aromatic carbocycles. The van der Waals surface area contributed by atoms with Crippen LogP contribution in [0, 0.1) is 0 Å². The third kappa shape index (κ3) is 22.6. The van der Waals surface area contributed by atoms with Crippen LogP contribution >= 0.6 is 0 Å². The fourth-order valence-electron chi connectivity index (χ4n) is 4.72. The summed E-state index contributed by atoms with van der Waals surface area (Å²) in [6.45, 7) is 3.70. The lowest BCUT2D eigenvalue weighted by Gasteiger charge is -2.38. The van der Waals surface area contributed by atoms with Crippen molar-refractivity contribution < 1.29 is 34.2 Å². The Morgan fingerprint density at radius 1 is 0.500 bits per heavy atom. The maximum atomic E-state index is 11.1. The van der Waals surface area contributed by atoms with Gasteiger partial charge in [-0.15, -0.1) is 0 Å². The Bertz CT molecular complexity index is 559. The number of aliphatic carboxylic acids is 3. The molecule has 0 heterocycles. The molecule has 7 heteroatoms. The second-order valence-electron chi connectivity index (χ2n) is 10.3. The minimum Gasteiger partial charge on any atom is -0.481 e. The first-order chi connectivity index (χ1) is 17.3. The van der Waals surface area contributed by atoms with Crippen LogP contribution in [0.5, 0.6) is 0 Å². The minimum atomic E-state index is -0.939. The number of carboxylic acid groups (broad SMARTS) is 3. The number of quaternary nitrogens is 1. The van der Waals surface area contributed by atoms with E-state index in [-0.39, 0.29) is 43.4 Å². The van der Waals surface area contributed by atoms with Gasteiger partial charge in [0.15, 0.2) is 0 Å². The van der Waals surface area contributed by atoms with Crippen LogP contribution in [0.1, 0.15) is 129 Å². The van der Waals surface area contributed by atoms with E-state index in [0.717, 1.165) is 32.1 Å². The van der Waals surface area contributed by atoms with Crippen molar-refractivity contribution >= 4 is 17.9 Å². The molecule has 0 spiro atoms. The van der Waals surface area contributed by atoms with E-state index in [1.165, 1.54) is 70.6 Å². The number of hydrogen-bond donors (Lipinski definition) is 3. The highest BCUT2D eigenvalue weighted by Gasteiger charge is 2.29. The Balaban J connectivity index is 4.05. The highest BCUT2D eigenvalue weighted by molar-refractivity contribution is 5.67. The summed E-state index contributed by atoms with van der Waals surface area (Å²) in [5, 5.41) is 27.3. The van der Waals surface area contributed by atoms with Gasteiger partial charge in [0, 0.05) is 0 Å². The molecule has 0 saturated heterocycles. The molecule has 0 aromatic rings. The molecule has 0 bridgehead atoms. The summed E-state index contributed by atoms with van der Waals surface area (Å²) in [5.74, 6) is -2.82. The molecule has 0 atom stereocenters. The van der Waals surface area contributed by atoms with E-state index in [2.05, 4.69) is 19.1 Å². The zero-order valence-electron chi connectivity index (χ0n) is 22.9. The van der Waals surface area contributed by atoms with Gasteiger partial charge in [-0.05, 0) is 38.5 Å². The van der Waals surface area contributed by atoms with Gasteiger partial charge in [0.2, 0.25) is 0 Å². The van der Waals surface area contributed by atoms with Crippen molar-refractivity contribution in [3.8, 4) is 0 Å². The van der Waals surface area contributed by atoms with Crippen LogP contribution in [-0.2, 0) is 14.4 Å². The SMILES string of the molecule is CCCCCCCCCCCCC/C=C/CCCCC[N+](CCC(=O)O)(CCC(=O)O)CCC(=O)O. The van der Waals surface area contributed by atoms with Crippen molar-refractivity contribution in [3.05, 3.63) is 12.2 Å². The number of carbonyl (C=O) groups is 3. The van der Waals surface area contributed by atoms with Gasteiger partial charge in [-0.3, -0.25) is 14.4 Å². The topological polar surface area (TPSA) is 112 Å². The molecular weight excluding hydrogens is 458 g/mol. The molecule has 0 unspecified atom stereocenters. The van der Waals surface area contributed by atoms with Crippen LogP contribution in [0.3, 0.4) is 0 Å². The van der Waals surface area contributed by atoms with E-state index in [1.54, 1.807) is 0 Å². The second kappa shape index (κ2) is 23.5. The standard InChI is InChI=1S/C29H53NO6/c1-2-3-4-5-6-7-8-9-10-11-12-13-14-15-16-17-18-19-23-30(24-20-27(31)32,25-21-28(33)34)26-22-29(35)36/h14-15H,2-13,16-26H2,1H3,(H2-,31,32,33,34,35,36)/p+1/b15-14+. The smallest absolute Gasteiger partial charge is 0.309 e. The molecule has 36 heavy (non-hydrogen) atoms. The monoisotopic (exact) mass is 512 g/mol. The van der Waals surface area contributed by atoms with E-state index < -0.39 is 17.9 Å². The minimum absolute atomic E-state index is 0.0823. The number of carboxylic acids is 3. The van der Waals surface area contributed by atoms with Gasteiger partial charge >= 0.3 is 17.9 Å². The first-order valence-corrected chi connectivity index (χ1v) is 14.5. The lowest BCUT2D eigenvalue weighted by molar-refractivity contribution is -0.927. The normalized spacial score (nSPS) is 11.8. The van der Waals surface area contributed by atoms with Gasteiger partial charge in [0.25, 0.3) is 0 Å². The van der Waals surface area contributed by atoms with Crippen molar-refractivity contribution in [1.82, 2.24) is 0 Å². The van der Waals surface area contributed by atoms with Gasteiger partial charge < -0.3 is 19.8 Å². The van der Waals surface area contributed by atoms with Crippen LogP contribution in [0.4, 0.5) is 0 Å². The predicted octanol–water partition coefficient (Wildman–Crippen LogP) is 7.05. The van der Waals surface area contributed by atoms with Crippen LogP contribution < -0.4 is 0 Å². The molecule has 0 aliphatic carbocycles. The molecule has 0 fully saturated rings. The maximum Gasteiger partial charge on any atom is 0.309 e. The largest absolute Gasteiger partial charge is 0.481 e. The van der Waals surface area contributed by atoms with Gasteiger partial charge in [0.1, 0.15) is 0 Å². The number of rotatable bonds is 27. The van der Waals surface area contributed by atoms with E-state index in [1.807, 2.05) is 0 Å². The van der Waals surface area contributed by atoms with Crippen molar-refractivity contribution in [2.75, 3.05) is 26.2 Å². The third-order valence-electron chi connectivity index (χ3n) is 7.04. The highest BCUT2D eigenvalue weighted by atomic mass is 16.4. The second-order valence-corrected chi connectivity index (χ2v) is 10.3. The van der Waals surface area contributed by atoms with Crippen molar-refractivity contribution in [1.29, 1.82) is 0 Å². The molecule has 0 radical (unpaired) electrons. The fraction of sp³-hybridized carbons (Fsp3) is 0.828. The Morgan fingerprint density at radius 3 is 1.19 bits per heavy atom. The Hall–Kier alpha value is -1.89. The number of unbranched alkanes of at least 4 members (excludes halogenated alkanes) is 14. The lowest BCUT2D eigenvalue weighted by Crippen LogP contribution is -2.52. The summed E-state index contributed by atoms with van der Waals surface area (Å²) in [7, 11) is 0. The summed E-state index contributed by atoms with van der Waals surface area (Å²) in [4.78, 5) is 33.3. The molecule has 0 aliphatic rings. The lowest BCUT2D eigenvalue weighted by atomic mass is 10.1. The van der Waals surface area contributed by atoms with E-state index in [4.69, 9.17) is 15.3 Å². The molecule has 0 saturated carbocycles. The van der Waals surface area contributed by atoms with E-state index >= 15 is 0 Å². The van der Waals surface area contributed by atoms with Crippen LogP contribution in [-0.4, -0.2) is 63.9 Å². The molecule has 0 amide bonds. The molecule has 210 valence electrons. The average molecular weight is 513 g/mol. The molecule has 3 N–H and O–H groups in total. The average Bonchev–Trinajstić information content (AvgIpc) is 2.83. The van der Waals surface area contributed by atoms with Gasteiger partial charge in [0.05, 0.1) is 45.4 Å². The molecule has 0 aromatic heterocycles. The van der Waals surface area contributed by atoms with E-state index in [9.17, 15) is 14.4 Å². The number of nitrogens with zero attached hydrogens (tertiary/aromatic N) is 1. The molecule has 0 rings (SSSR count). The number of hydrogen-bond acceptors (Lipinski definition) is 3. The zero-order chi connectivity index (χ0) is 26.9. The zero-order valence-corrected chi connectivity index (χ0v) is 22.9. The summed E-state index contributed by atoms with van der Waals surface area (Å²) in [6.07, 6.45) is 24.2. The fourth-order valence-corrected chi connectivity index (χ4v) is 4.72. The van der Waals surface area contributed by atoms with Crippen molar-refractivity contribution in [2.24, 2.45) is 0 Å². The van der Waals surface area contributed by atoms with Gasteiger partial charge in [-0.2, -0.15) is 0 Å². The summed E-state index contributed by atoms with van der Waals surface area (Å²) < 4.78 is 0.250. The van der Waals surface area contributed by atoms with Crippen LogP contribution in [0.15, 0.2) is 12.2 Å². The predicted molar refractivity (Wildman–Crippen MR) is 145 cm³/mol. The highest BCUT2D eigenvalue weighted by Crippen LogP contribution is 2.16. The first kappa shape index (κ1) is 34.1. The molecular formula is C29H54NO6+. The summed E-state index contributed by atoms with van der Waals surface area (Å²) >= 11 is 0. The third-order valence-corrected chi connectivity index (χ3v) is 7.04. The molecule has 7 nitrogen and oxygen atoms in total. The Morgan fingerprint density at radius 2 is 0.833 bits per heavy atom. The Kier molecular flexibility index (Phi) is 22.3. The Labute approximate surface area is 219 Å². The molecule has 0 aliphatic heterocycles. The summed E-state index contributed by atoms with van der Waals surface area (Å²) in [5.41, 5.74) is 0. The van der Waals surface area contributed by atoms with Crippen molar-refractivity contribution in [2.45, 2.75) is 129 Å². The van der Waals surface area contributed by atoms with Crippen LogP contribution in [0.25, 0.3) is 0 Å². The van der Waals surface area contributed by atoms with Crippen molar-refractivity contribution in [3.63, 3.8) is 0 Å². The quantitative estimate of drug-likeness (QED) is 0.0618. The maximum absolute atomic E-state index is 11.1. The van der Waals surface area contributed by atoms with E-state index in [0.29, 0.717) is 6.54 Å².